The third-order valence-corrected chi connectivity index (χ3v) is 2.34. The van der Waals surface area contributed by atoms with Gasteiger partial charge in [-0.25, -0.2) is 0 Å². The van der Waals surface area contributed by atoms with Crippen LogP contribution in [0.1, 0.15) is 11.1 Å². The lowest BCUT2D eigenvalue weighted by Gasteiger charge is -2.07. The summed E-state index contributed by atoms with van der Waals surface area (Å²) < 4.78 is 0. The van der Waals surface area contributed by atoms with Crippen LogP contribution in [0.2, 0.25) is 15.1 Å². The van der Waals surface area contributed by atoms with Crippen LogP contribution in [0.5, 0.6) is 0 Å². The summed E-state index contributed by atoms with van der Waals surface area (Å²) in [4.78, 5) is 0. The SMILES string of the molecule is OC(Cl)c1c(Cl)cc(Cl)cc1Cl. The van der Waals surface area contributed by atoms with Gasteiger partial charge < -0.3 is 5.11 Å². The van der Waals surface area contributed by atoms with E-state index in [1.807, 2.05) is 0 Å². The lowest BCUT2D eigenvalue weighted by Crippen LogP contribution is -1.90. The Morgan fingerprint density at radius 2 is 1.50 bits per heavy atom. The summed E-state index contributed by atoms with van der Waals surface area (Å²) in [6.07, 6.45) is 0. The van der Waals surface area contributed by atoms with Crippen molar-refractivity contribution in [2.24, 2.45) is 0 Å². The van der Waals surface area contributed by atoms with Crippen molar-refractivity contribution in [1.82, 2.24) is 0 Å². The van der Waals surface area contributed by atoms with E-state index in [9.17, 15) is 0 Å². The first-order chi connectivity index (χ1) is 5.52. The second kappa shape index (κ2) is 4.03. The van der Waals surface area contributed by atoms with E-state index in [4.69, 9.17) is 51.5 Å². The van der Waals surface area contributed by atoms with E-state index in [-0.39, 0.29) is 15.6 Å². The number of aliphatic hydroxyl groups is 1. The van der Waals surface area contributed by atoms with Crippen molar-refractivity contribution in [2.45, 2.75) is 5.56 Å². The molecule has 1 nitrogen and oxygen atoms in total. The third-order valence-electron chi connectivity index (χ3n) is 1.28. The number of hydrogen-bond donors (Lipinski definition) is 1. The predicted octanol–water partition coefficient (Wildman–Crippen LogP) is 3.88. The second-order valence-electron chi connectivity index (χ2n) is 2.12. The van der Waals surface area contributed by atoms with Crippen LogP contribution in [-0.4, -0.2) is 5.11 Å². The van der Waals surface area contributed by atoms with Gasteiger partial charge in [-0.2, -0.15) is 0 Å². The van der Waals surface area contributed by atoms with Crippen LogP contribution >= 0.6 is 46.4 Å². The van der Waals surface area contributed by atoms with Crippen LogP contribution in [-0.2, 0) is 0 Å². The van der Waals surface area contributed by atoms with E-state index >= 15 is 0 Å². The number of hydrogen-bond acceptors (Lipinski definition) is 1. The van der Waals surface area contributed by atoms with Crippen molar-refractivity contribution in [3.05, 3.63) is 32.8 Å². The second-order valence-corrected chi connectivity index (χ2v) is 3.78. The minimum absolute atomic E-state index is 0.259. The average Bonchev–Trinajstić information content (AvgIpc) is 1.82. The van der Waals surface area contributed by atoms with Crippen molar-refractivity contribution < 1.29 is 5.11 Å². The summed E-state index contributed by atoms with van der Waals surface area (Å²) in [7, 11) is 0. The Labute approximate surface area is 89.8 Å². The summed E-state index contributed by atoms with van der Waals surface area (Å²) in [5, 5.41) is 9.96. The number of halogens is 4. The first kappa shape index (κ1) is 10.4. The summed E-state index contributed by atoms with van der Waals surface area (Å²) in [6.45, 7) is 0. The zero-order valence-corrected chi connectivity index (χ0v) is 8.71. The van der Waals surface area contributed by atoms with Crippen molar-refractivity contribution in [3.63, 3.8) is 0 Å². The Kier molecular flexibility index (Phi) is 3.50. The number of alkyl halides is 1. The quantitative estimate of drug-likeness (QED) is 0.745. The van der Waals surface area contributed by atoms with Gasteiger partial charge >= 0.3 is 0 Å². The number of aliphatic hydroxyl groups excluding tert-OH is 1. The Morgan fingerprint density at radius 1 is 1.08 bits per heavy atom. The Hall–Kier alpha value is 0.340. The molecule has 0 radical (unpaired) electrons. The maximum absolute atomic E-state index is 9.03. The molecule has 66 valence electrons. The predicted molar refractivity (Wildman–Crippen MR) is 52.3 cm³/mol. The van der Waals surface area contributed by atoms with E-state index in [1.54, 1.807) is 0 Å². The molecular weight excluding hydrogens is 242 g/mol. The third kappa shape index (κ3) is 2.18. The average molecular weight is 246 g/mol. The lowest BCUT2D eigenvalue weighted by molar-refractivity contribution is 0.263. The number of rotatable bonds is 1. The standard InChI is InChI=1S/C7H4Cl4O/c8-3-1-4(9)6(7(11)12)5(10)2-3/h1-2,7,12H. The van der Waals surface area contributed by atoms with Gasteiger partial charge in [0.2, 0.25) is 0 Å². The highest BCUT2D eigenvalue weighted by Gasteiger charge is 2.13. The van der Waals surface area contributed by atoms with Crippen LogP contribution in [0.15, 0.2) is 12.1 Å². The molecule has 0 saturated heterocycles. The van der Waals surface area contributed by atoms with E-state index in [1.165, 1.54) is 12.1 Å². The van der Waals surface area contributed by atoms with Gasteiger partial charge in [0.1, 0.15) is 0 Å². The van der Waals surface area contributed by atoms with Gasteiger partial charge in [-0.15, -0.1) is 0 Å². The van der Waals surface area contributed by atoms with Gasteiger partial charge in [0.25, 0.3) is 0 Å². The molecule has 12 heavy (non-hydrogen) atoms. The van der Waals surface area contributed by atoms with E-state index < -0.39 is 5.56 Å². The summed E-state index contributed by atoms with van der Waals surface area (Å²) in [6, 6.07) is 2.94. The fourth-order valence-corrected chi connectivity index (χ4v) is 2.15. The van der Waals surface area contributed by atoms with Crippen molar-refractivity contribution >= 4 is 46.4 Å². The lowest BCUT2D eigenvalue weighted by atomic mass is 10.2. The first-order valence-corrected chi connectivity index (χ1v) is 4.56. The van der Waals surface area contributed by atoms with Crippen LogP contribution in [0.25, 0.3) is 0 Å². The van der Waals surface area contributed by atoms with Crippen LogP contribution < -0.4 is 0 Å². The first-order valence-electron chi connectivity index (χ1n) is 2.99. The van der Waals surface area contributed by atoms with Gasteiger partial charge in [-0.1, -0.05) is 46.4 Å². The minimum Gasteiger partial charge on any atom is -0.373 e. The molecule has 1 rings (SSSR count). The monoisotopic (exact) mass is 244 g/mol. The molecule has 0 aliphatic heterocycles. The molecule has 0 bridgehead atoms. The molecule has 1 unspecified atom stereocenters. The molecule has 1 N–H and O–H groups in total. The van der Waals surface area contributed by atoms with Gasteiger partial charge in [0.05, 0.1) is 10.0 Å². The van der Waals surface area contributed by atoms with Crippen molar-refractivity contribution in [2.75, 3.05) is 0 Å². The highest BCUT2D eigenvalue weighted by molar-refractivity contribution is 6.40. The largest absolute Gasteiger partial charge is 0.373 e. The topological polar surface area (TPSA) is 20.2 Å². The summed E-state index contributed by atoms with van der Waals surface area (Å²) >= 11 is 22.5. The zero-order chi connectivity index (χ0) is 9.30. The molecule has 1 aromatic rings. The Morgan fingerprint density at radius 3 is 1.83 bits per heavy atom. The molecule has 0 heterocycles. The highest BCUT2D eigenvalue weighted by Crippen LogP contribution is 2.34. The van der Waals surface area contributed by atoms with Gasteiger partial charge in [-0.05, 0) is 12.1 Å². The van der Waals surface area contributed by atoms with E-state index in [2.05, 4.69) is 0 Å². The van der Waals surface area contributed by atoms with Crippen molar-refractivity contribution in [1.29, 1.82) is 0 Å². The molecule has 0 fully saturated rings. The molecule has 5 heteroatoms. The highest BCUT2D eigenvalue weighted by atomic mass is 35.5. The molecular formula is C7H4Cl4O. The smallest absolute Gasteiger partial charge is 0.156 e. The van der Waals surface area contributed by atoms with Gasteiger partial charge in [0, 0.05) is 10.6 Å². The van der Waals surface area contributed by atoms with E-state index in [0.717, 1.165) is 0 Å². The van der Waals surface area contributed by atoms with Crippen LogP contribution in [0.3, 0.4) is 0 Å². The fourth-order valence-electron chi connectivity index (χ4n) is 0.781. The molecule has 0 aliphatic carbocycles. The molecule has 1 aromatic carbocycles. The number of benzene rings is 1. The Balaban J connectivity index is 3.28. The molecule has 0 aromatic heterocycles. The Bertz CT molecular complexity index is 274. The van der Waals surface area contributed by atoms with Crippen LogP contribution in [0, 0.1) is 0 Å². The summed E-state index contributed by atoms with van der Waals surface area (Å²) in [5.41, 5.74) is -0.924. The normalized spacial score (nSPS) is 13.1. The summed E-state index contributed by atoms with van der Waals surface area (Å²) in [5.74, 6) is 0. The maximum atomic E-state index is 9.03. The van der Waals surface area contributed by atoms with Crippen LogP contribution in [0.4, 0.5) is 0 Å². The molecule has 0 spiro atoms. The molecule has 0 saturated carbocycles. The van der Waals surface area contributed by atoms with Crippen molar-refractivity contribution in [3.8, 4) is 0 Å². The van der Waals surface area contributed by atoms with Gasteiger partial charge in [-0.3, -0.25) is 0 Å². The van der Waals surface area contributed by atoms with Gasteiger partial charge in [0.15, 0.2) is 5.56 Å². The molecule has 0 amide bonds. The maximum Gasteiger partial charge on any atom is 0.156 e. The molecule has 0 aliphatic rings. The molecule has 1 atom stereocenters. The van der Waals surface area contributed by atoms with E-state index in [0.29, 0.717) is 5.02 Å². The minimum atomic E-state index is -1.21. The zero-order valence-electron chi connectivity index (χ0n) is 5.69. The fraction of sp³-hybridized carbons (Fsp3) is 0.143.